The lowest BCUT2D eigenvalue weighted by Crippen LogP contribution is -2.61. The number of fused-ring (bicyclic) bond motifs is 2. The molecule has 6 rings (SSSR count). The number of halogens is 1. The molecule has 1 aromatic carbocycles. The van der Waals surface area contributed by atoms with Crippen molar-refractivity contribution in [3.63, 3.8) is 0 Å². The molecule has 11 heteroatoms. The highest BCUT2D eigenvalue weighted by atomic mass is 79.9. The van der Waals surface area contributed by atoms with E-state index < -0.39 is 53.6 Å². The molecule has 0 radical (unpaired) electrons. The van der Waals surface area contributed by atoms with E-state index in [0.29, 0.717) is 23.0 Å². The third-order valence-corrected chi connectivity index (χ3v) is 11.1. The maximum Gasteiger partial charge on any atom is 0.313 e. The zero-order valence-corrected chi connectivity index (χ0v) is 28.1. The Balaban J connectivity index is 1.46. The summed E-state index contributed by atoms with van der Waals surface area (Å²) in [5.41, 5.74) is -0.705. The van der Waals surface area contributed by atoms with Gasteiger partial charge in [0.25, 0.3) is 0 Å². The van der Waals surface area contributed by atoms with Gasteiger partial charge < -0.3 is 29.7 Å². The van der Waals surface area contributed by atoms with E-state index in [4.69, 9.17) is 9.47 Å². The third-order valence-electron chi connectivity index (χ3n) is 10.4. The second kappa shape index (κ2) is 13.6. The molecule has 3 amide bonds. The fraction of sp³-hybridized carbons (Fsp3) is 0.600. The molecule has 5 bridgehead atoms. The van der Waals surface area contributed by atoms with Crippen molar-refractivity contribution >= 4 is 39.6 Å². The van der Waals surface area contributed by atoms with Crippen molar-refractivity contribution in [2.75, 3.05) is 19.7 Å². The minimum Gasteiger partial charge on any atom is -0.455 e. The summed E-state index contributed by atoms with van der Waals surface area (Å²) in [6.07, 6.45) is 9.61. The molecule has 2 saturated heterocycles. The van der Waals surface area contributed by atoms with Gasteiger partial charge in [0, 0.05) is 23.5 Å². The third kappa shape index (κ3) is 5.83. The summed E-state index contributed by atoms with van der Waals surface area (Å²) in [5, 5.41) is 13.5. The molecule has 5 aliphatic rings. The summed E-state index contributed by atoms with van der Waals surface area (Å²) < 4.78 is 13.4. The Labute approximate surface area is 278 Å². The zero-order valence-electron chi connectivity index (χ0n) is 26.5. The summed E-state index contributed by atoms with van der Waals surface area (Å²) in [6.45, 7) is 3.89. The predicted octanol–water partition coefficient (Wildman–Crippen LogP) is 3.79. The van der Waals surface area contributed by atoms with Gasteiger partial charge in [-0.05, 0) is 36.8 Å². The van der Waals surface area contributed by atoms with Crippen LogP contribution < -0.4 is 5.32 Å². The van der Waals surface area contributed by atoms with Crippen LogP contribution in [0, 0.1) is 17.8 Å². The molecule has 0 aromatic heterocycles. The molecule has 2 N–H and O–H groups in total. The fourth-order valence-corrected chi connectivity index (χ4v) is 8.82. The van der Waals surface area contributed by atoms with Crippen molar-refractivity contribution < 1.29 is 33.8 Å². The van der Waals surface area contributed by atoms with Crippen molar-refractivity contribution in [2.45, 2.75) is 94.7 Å². The summed E-state index contributed by atoms with van der Waals surface area (Å²) in [4.78, 5) is 60.1. The molecule has 0 unspecified atom stereocenters. The zero-order chi connectivity index (χ0) is 32.6. The number of allylic oxidation sites excluding steroid dienone is 1. The highest BCUT2D eigenvalue weighted by Gasteiger charge is 2.75. The van der Waals surface area contributed by atoms with Gasteiger partial charge in [0.05, 0.1) is 25.1 Å². The van der Waals surface area contributed by atoms with Gasteiger partial charge in [0.2, 0.25) is 17.7 Å². The number of nitrogens with zero attached hydrogens (tertiary/aromatic N) is 2. The van der Waals surface area contributed by atoms with E-state index in [1.807, 2.05) is 61.2 Å². The number of rotatable bonds is 5. The SMILES string of the molecule is CC(C)[C@H](CO)N1C(=O)[C@H]2[C@@H]3C(=O)O[C@H](c4ccccc4)CNC(=O)CC/C=C\CN(C4CCCCC4)C(=O)[C@H]1[C@@]21C=C(Br)[C@@H]3O1. The standard InChI is InChI=1S/C35H44BrN3O7/c1-21(2)25(20-40)39-31-33(43)38(23-14-8-4-9-15-23)17-11-5-10-16-27(41)37-19-26(22-12-6-3-7-13-22)45-34(44)28-29(32(39)42)35(31)18-24(36)30(28)46-35/h3,5-7,11-13,18,21,23,25-26,28-31,40H,4,8-10,14-17,19-20H2,1-2H3,(H,37,41)/b11-5-/t25-,26-,28-,29+,30-,31-,35+/m0/s1. The van der Waals surface area contributed by atoms with Crippen LogP contribution in [0.1, 0.15) is 70.5 Å². The van der Waals surface area contributed by atoms with E-state index >= 15 is 4.79 Å². The Hall–Kier alpha value is -3.02. The number of carbonyl (C=O) groups excluding carboxylic acids is 4. The van der Waals surface area contributed by atoms with Crippen molar-refractivity contribution in [3.05, 3.63) is 58.6 Å². The normalized spacial score (nSPS) is 33.9. The number of carbonyl (C=O) groups is 4. The summed E-state index contributed by atoms with van der Waals surface area (Å²) in [6, 6.07) is 7.44. The van der Waals surface area contributed by atoms with Gasteiger partial charge >= 0.3 is 5.97 Å². The first-order valence-corrected chi connectivity index (χ1v) is 17.4. The number of cyclic esters (lactones) is 1. The quantitative estimate of drug-likeness (QED) is 0.354. The van der Waals surface area contributed by atoms with Gasteiger partial charge in [-0.15, -0.1) is 0 Å². The number of benzene rings is 1. The number of ether oxygens (including phenoxy) is 2. The molecule has 46 heavy (non-hydrogen) atoms. The van der Waals surface area contributed by atoms with E-state index in [9.17, 15) is 19.5 Å². The van der Waals surface area contributed by atoms with E-state index in [1.54, 1.807) is 6.08 Å². The first-order chi connectivity index (χ1) is 22.2. The van der Waals surface area contributed by atoms with E-state index in [2.05, 4.69) is 21.2 Å². The van der Waals surface area contributed by atoms with Crippen LogP contribution in [-0.2, 0) is 28.7 Å². The van der Waals surface area contributed by atoms with Gasteiger partial charge in [-0.25, -0.2) is 0 Å². The Morgan fingerprint density at radius 1 is 1.04 bits per heavy atom. The number of hydrogen-bond acceptors (Lipinski definition) is 7. The highest BCUT2D eigenvalue weighted by molar-refractivity contribution is 9.11. The van der Waals surface area contributed by atoms with E-state index in [1.165, 1.54) is 4.90 Å². The average Bonchev–Trinajstić information content (AvgIpc) is 3.64. The number of aliphatic hydroxyl groups is 1. The smallest absolute Gasteiger partial charge is 0.313 e. The average molecular weight is 699 g/mol. The number of aliphatic hydroxyl groups excluding tert-OH is 1. The van der Waals surface area contributed by atoms with Gasteiger partial charge in [-0.1, -0.05) is 91.5 Å². The minimum absolute atomic E-state index is 0.0197. The molecular formula is C35H44BrN3O7. The predicted molar refractivity (Wildman–Crippen MR) is 173 cm³/mol. The van der Waals surface area contributed by atoms with Crippen LogP contribution in [0.15, 0.2) is 53.0 Å². The van der Waals surface area contributed by atoms with Crippen molar-refractivity contribution in [3.8, 4) is 0 Å². The van der Waals surface area contributed by atoms with Gasteiger partial charge in [-0.2, -0.15) is 0 Å². The number of likely N-dealkylation sites (tertiary alicyclic amines) is 1. The first kappa shape index (κ1) is 32.9. The lowest BCUT2D eigenvalue weighted by molar-refractivity contribution is -0.161. The second-order valence-corrected chi connectivity index (χ2v) is 14.4. The van der Waals surface area contributed by atoms with Crippen LogP contribution in [0.3, 0.4) is 0 Å². The first-order valence-electron chi connectivity index (χ1n) is 16.6. The molecule has 1 aliphatic carbocycles. The van der Waals surface area contributed by atoms with Crippen LogP contribution in [0.5, 0.6) is 0 Å². The molecule has 4 aliphatic heterocycles. The molecule has 1 aromatic rings. The Kier molecular flexibility index (Phi) is 9.73. The molecule has 248 valence electrons. The van der Waals surface area contributed by atoms with Gasteiger partial charge in [0.15, 0.2) is 0 Å². The molecule has 4 heterocycles. The molecule has 1 spiro atoms. The van der Waals surface area contributed by atoms with Gasteiger partial charge in [0.1, 0.15) is 29.8 Å². The van der Waals surface area contributed by atoms with E-state index in [0.717, 1.165) is 32.1 Å². The maximum atomic E-state index is 15.0. The Morgan fingerprint density at radius 3 is 2.48 bits per heavy atom. The second-order valence-electron chi connectivity index (χ2n) is 13.5. The Morgan fingerprint density at radius 2 is 1.78 bits per heavy atom. The Bertz CT molecular complexity index is 1390. The topological polar surface area (TPSA) is 125 Å². The number of nitrogens with one attached hydrogen (secondary N) is 1. The summed E-state index contributed by atoms with van der Waals surface area (Å²) in [7, 11) is 0. The van der Waals surface area contributed by atoms with Crippen LogP contribution in [0.25, 0.3) is 0 Å². The number of hydrogen-bond donors (Lipinski definition) is 2. The van der Waals surface area contributed by atoms with Crippen LogP contribution in [0.2, 0.25) is 0 Å². The van der Waals surface area contributed by atoms with Gasteiger partial charge in [-0.3, -0.25) is 19.2 Å². The largest absolute Gasteiger partial charge is 0.455 e. The van der Waals surface area contributed by atoms with Crippen molar-refractivity contribution in [1.29, 1.82) is 0 Å². The summed E-state index contributed by atoms with van der Waals surface area (Å²) in [5.74, 6) is -3.66. The molecule has 7 atom stereocenters. The lowest BCUT2D eigenvalue weighted by atomic mass is 9.74. The number of esters is 1. The molecular weight excluding hydrogens is 654 g/mol. The minimum atomic E-state index is -1.41. The number of amides is 3. The fourth-order valence-electron chi connectivity index (χ4n) is 8.08. The molecule has 10 nitrogen and oxygen atoms in total. The molecule has 3 fully saturated rings. The lowest BCUT2D eigenvalue weighted by Gasteiger charge is -2.42. The highest BCUT2D eigenvalue weighted by Crippen LogP contribution is 2.59. The summed E-state index contributed by atoms with van der Waals surface area (Å²) >= 11 is 3.62. The van der Waals surface area contributed by atoms with E-state index in [-0.39, 0.29) is 43.3 Å². The molecule has 1 saturated carbocycles. The maximum absolute atomic E-state index is 15.0. The monoisotopic (exact) mass is 697 g/mol. The van der Waals surface area contributed by atoms with Crippen LogP contribution in [0.4, 0.5) is 0 Å². The van der Waals surface area contributed by atoms with Crippen LogP contribution in [-0.4, -0.2) is 88.1 Å². The van der Waals surface area contributed by atoms with Crippen molar-refractivity contribution in [2.24, 2.45) is 17.8 Å². The van der Waals surface area contributed by atoms with Crippen LogP contribution >= 0.6 is 15.9 Å². The van der Waals surface area contributed by atoms with Crippen molar-refractivity contribution in [1.82, 2.24) is 15.1 Å².